The molecule has 3 aliphatic rings. The first kappa shape index (κ1) is 22.1. The number of nitrogens with zero attached hydrogens (tertiary/aromatic N) is 3. The number of ether oxygens (including phenoxy) is 1. The molecule has 1 fully saturated rings. The van der Waals surface area contributed by atoms with Gasteiger partial charge in [0.15, 0.2) is 6.10 Å². The number of carbonyl (C=O) groups excluding carboxylic acids is 2. The lowest BCUT2D eigenvalue weighted by molar-refractivity contribution is -0.149. The molecule has 1 amide bonds. The lowest BCUT2D eigenvalue weighted by atomic mass is 10.1. The number of anilines is 2. The Balaban J connectivity index is 1.32. The summed E-state index contributed by atoms with van der Waals surface area (Å²) >= 11 is 0. The summed E-state index contributed by atoms with van der Waals surface area (Å²) in [5.74, 6) is -0.974. The number of hydrogen-bond acceptors (Lipinski definition) is 7. The average molecular weight is 459 g/mol. The second-order valence-corrected chi connectivity index (χ2v) is 9.73. The first-order chi connectivity index (χ1) is 15.3. The van der Waals surface area contributed by atoms with Gasteiger partial charge in [-0.2, -0.15) is 0 Å². The van der Waals surface area contributed by atoms with Gasteiger partial charge in [-0.15, -0.1) is 4.40 Å². The van der Waals surface area contributed by atoms with Crippen LogP contribution in [0.1, 0.15) is 26.2 Å². The summed E-state index contributed by atoms with van der Waals surface area (Å²) in [6.07, 6.45) is 7.01. The summed E-state index contributed by atoms with van der Waals surface area (Å²) < 4.78 is 32.1. The van der Waals surface area contributed by atoms with E-state index < -0.39 is 28.0 Å². The second kappa shape index (κ2) is 9.15. The van der Waals surface area contributed by atoms with Crippen molar-refractivity contribution in [1.82, 2.24) is 4.90 Å². The fourth-order valence-electron chi connectivity index (χ4n) is 3.76. The average Bonchev–Trinajstić information content (AvgIpc) is 2.79. The number of esters is 1. The van der Waals surface area contributed by atoms with E-state index in [1.165, 1.54) is 44.5 Å². The van der Waals surface area contributed by atoms with Gasteiger partial charge in [0.25, 0.3) is 15.9 Å². The van der Waals surface area contributed by atoms with E-state index in [4.69, 9.17) is 4.74 Å². The highest BCUT2D eigenvalue weighted by Crippen LogP contribution is 2.22. The topological polar surface area (TPSA) is 108 Å². The van der Waals surface area contributed by atoms with E-state index in [-0.39, 0.29) is 23.7 Å². The number of sulfonamides is 1. The minimum atomic E-state index is -3.47. The maximum absolute atomic E-state index is 12.5. The number of rotatable bonds is 5. The molecule has 170 valence electrons. The molecular formula is C22H26N4O5S. The molecule has 0 aromatic heterocycles. The van der Waals surface area contributed by atoms with Crippen molar-refractivity contribution in [3.63, 3.8) is 0 Å². The van der Waals surface area contributed by atoms with Gasteiger partial charge >= 0.3 is 5.97 Å². The fourth-order valence-corrected chi connectivity index (χ4v) is 4.72. The fraction of sp³-hybridized carbons (Fsp3) is 0.409. The third-order valence-electron chi connectivity index (χ3n) is 5.57. The molecule has 1 N–H and O–H groups in total. The molecule has 0 unspecified atom stereocenters. The van der Waals surface area contributed by atoms with E-state index >= 15 is 0 Å². The summed E-state index contributed by atoms with van der Waals surface area (Å²) in [6.45, 7) is 3.79. The maximum Gasteiger partial charge on any atom is 0.340 e. The van der Waals surface area contributed by atoms with E-state index in [0.29, 0.717) is 5.69 Å². The van der Waals surface area contributed by atoms with E-state index in [0.717, 1.165) is 18.8 Å². The van der Waals surface area contributed by atoms with Crippen molar-refractivity contribution in [2.75, 3.05) is 35.6 Å². The van der Waals surface area contributed by atoms with Crippen molar-refractivity contribution in [3.05, 3.63) is 48.2 Å². The third-order valence-corrected chi connectivity index (χ3v) is 6.73. The molecule has 1 aromatic rings. The number of hydrogen-bond donors (Lipinski definition) is 1. The predicted octanol–water partition coefficient (Wildman–Crippen LogP) is 2.04. The van der Waals surface area contributed by atoms with Gasteiger partial charge in [0.1, 0.15) is 5.84 Å². The standard InChI is InChI=1S/C22H26N4O5S/c1-16(21(27)23-18-6-8-19(9-7-18)25-11-3-2-4-12-25)31-22(28)17-5-10-20-24-32(29,30)14-13-26(20)15-17/h5-10,15-16H,2-4,11-14H2,1H3,(H,23,27)/t16-/m0/s1. The first-order valence-corrected chi connectivity index (χ1v) is 12.3. The molecule has 3 heterocycles. The van der Waals surface area contributed by atoms with Gasteiger partial charge in [-0.3, -0.25) is 4.79 Å². The summed E-state index contributed by atoms with van der Waals surface area (Å²) in [6, 6.07) is 7.64. The summed E-state index contributed by atoms with van der Waals surface area (Å²) in [5, 5.41) is 2.77. The molecule has 10 heteroatoms. The quantitative estimate of drug-likeness (QED) is 0.673. The minimum absolute atomic E-state index is 0.126. The van der Waals surface area contributed by atoms with Crippen molar-refractivity contribution >= 4 is 39.1 Å². The molecule has 1 aromatic carbocycles. The molecule has 0 radical (unpaired) electrons. The molecule has 1 saturated heterocycles. The zero-order valence-corrected chi connectivity index (χ0v) is 18.7. The third kappa shape index (κ3) is 5.18. The van der Waals surface area contributed by atoms with Crippen LogP contribution in [0.15, 0.2) is 52.6 Å². The van der Waals surface area contributed by atoms with Crippen LogP contribution in [0.25, 0.3) is 0 Å². The van der Waals surface area contributed by atoms with E-state index in [2.05, 4.69) is 14.6 Å². The zero-order valence-electron chi connectivity index (χ0n) is 17.9. The Kier molecular flexibility index (Phi) is 6.31. The molecule has 1 atom stereocenters. The van der Waals surface area contributed by atoms with Crippen molar-refractivity contribution in [1.29, 1.82) is 0 Å². The Labute approximate surface area is 187 Å². The number of carbonyl (C=O) groups is 2. The van der Waals surface area contributed by atoms with Crippen molar-refractivity contribution < 1.29 is 22.7 Å². The Hall–Kier alpha value is -3.14. The van der Waals surface area contributed by atoms with Gasteiger partial charge in [-0.1, -0.05) is 0 Å². The van der Waals surface area contributed by atoms with Crippen LogP contribution < -0.4 is 10.2 Å². The number of amides is 1. The Morgan fingerprint density at radius 3 is 2.50 bits per heavy atom. The monoisotopic (exact) mass is 458 g/mol. The molecule has 0 bridgehead atoms. The van der Waals surface area contributed by atoms with Gasteiger partial charge < -0.3 is 19.9 Å². The smallest absolute Gasteiger partial charge is 0.340 e. The number of benzene rings is 1. The lowest BCUT2D eigenvalue weighted by Gasteiger charge is -2.28. The maximum atomic E-state index is 12.5. The van der Waals surface area contributed by atoms with E-state index in [1.54, 1.807) is 4.90 Å². The normalized spacial score (nSPS) is 20.5. The highest BCUT2D eigenvalue weighted by Gasteiger charge is 2.27. The van der Waals surface area contributed by atoms with Crippen LogP contribution in [-0.2, 0) is 24.3 Å². The van der Waals surface area contributed by atoms with Gasteiger partial charge in [-0.25, -0.2) is 13.2 Å². The molecule has 32 heavy (non-hydrogen) atoms. The predicted molar refractivity (Wildman–Crippen MR) is 122 cm³/mol. The Morgan fingerprint density at radius 2 is 1.78 bits per heavy atom. The van der Waals surface area contributed by atoms with Gasteiger partial charge in [-0.05, 0) is 62.6 Å². The summed E-state index contributed by atoms with van der Waals surface area (Å²) in [5.41, 5.74) is 1.98. The number of nitrogens with one attached hydrogen (secondary N) is 1. The van der Waals surface area contributed by atoms with Crippen LogP contribution >= 0.6 is 0 Å². The summed E-state index contributed by atoms with van der Waals surface area (Å²) in [7, 11) is -3.47. The molecule has 9 nitrogen and oxygen atoms in total. The molecule has 0 aliphatic carbocycles. The zero-order chi connectivity index (χ0) is 22.7. The molecule has 3 aliphatic heterocycles. The minimum Gasteiger partial charge on any atom is -0.449 e. The van der Waals surface area contributed by atoms with Crippen LogP contribution in [0.2, 0.25) is 0 Å². The number of fused-ring (bicyclic) bond motifs is 1. The first-order valence-electron chi connectivity index (χ1n) is 10.7. The van der Waals surface area contributed by atoms with Crippen LogP contribution in [0.3, 0.4) is 0 Å². The molecule has 0 saturated carbocycles. The van der Waals surface area contributed by atoms with Crippen molar-refractivity contribution in [3.8, 4) is 0 Å². The second-order valence-electron chi connectivity index (χ2n) is 7.98. The van der Waals surface area contributed by atoms with E-state index in [1.807, 2.05) is 24.3 Å². The lowest BCUT2D eigenvalue weighted by Crippen LogP contribution is -2.37. The Morgan fingerprint density at radius 1 is 1.06 bits per heavy atom. The van der Waals surface area contributed by atoms with Crippen LogP contribution in [0.5, 0.6) is 0 Å². The number of piperidine rings is 1. The molecule has 4 rings (SSSR count). The largest absolute Gasteiger partial charge is 0.449 e. The van der Waals surface area contributed by atoms with Crippen molar-refractivity contribution in [2.24, 2.45) is 4.40 Å². The van der Waals surface area contributed by atoms with Gasteiger partial charge in [0, 0.05) is 37.2 Å². The SMILES string of the molecule is C[C@H](OC(=O)C1=CN2CCS(=O)(=O)N=C2C=C1)C(=O)Nc1ccc(N2CCCCC2)cc1. The highest BCUT2D eigenvalue weighted by molar-refractivity contribution is 7.90. The van der Waals surface area contributed by atoms with Crippen LogP contribution in [0, 0.1) is 0 Å². The van der Waals surface area contributed by atoms with Crippen molar-refractivity contribution in [2.45, 2.75) is 32.3 Å². The Bertz CT molecular complexity index is 1090. The van der Waals surface area contributed by atoms with E-state index in [9.17, 15) is 18.0 Å². The van der Waals surface area contributed by atoms with Crippen LogP contribution in [0.4, 0.5) is 11.4 Å². The van der Waals surface area contributed by atoms with Crippen LogP contribution in [-0.4, -0.2) is 62.5 Å². The highest BCUT2D eigenvalue weighted by atomic mass is 32.2. The van der Waals surface area contributed by atoms with Gasteiger partial charge in [0.2, 0.25) is 0 Å². The molecular weight excluding hydrogens is 432 g/mol. The summed E-state index contributed by atoms with van der Waals surface area (Å²) in [4.78, 5) is 28.9. The number of amidine groups is 1. The van der Waals surface area contributed by atoms with Gasteiger partial charge in [0.05, 0.1) is 11.3 Å². The molecule has 0 spiro atoms.